The molecule has 2 aromatic rings. The van der Waals surface area contributed by atoms with Crippen LogP contribution in [-0.2, 0) is 11.3 Å². The van der Waals surface area contributed by atoms with Crippen molar-refractivity contribution < 1.29 is 9.53 Å². The zero-order valence-corrected chi connectivity index (χ0v) is 16.8. The van der Waals surface area contributed by atoms with Gasteiger partial charge >= 0.3 is 0 Å². The van der Waals surface area contributed by atoms with Crippen LogP contribution in [-0.4, -0.2) is 23.5 Å². The molecule has 146 valence electrons. The van der Waals surface area contributed by atoms with E-state index in [1.807, 2.05) is 41.3 Å². The van der Waals surface area contributed by atoms with E-state index in [4.69, 9.17) is 16.3 Å². The lowest BCUT2D eigenvalue weighted by Crippen LogP contribution is -2.31. The molecule has 28 heavy (non-hydrogen) atoms. The second-order valence-corrected chi connectivity index (χ2v) is 8.21. The first-order valence-corrected chi connectivity index (χ1v) is 10.5. The minimum absolute atomic E-state index is 0.0349. The monoisotopic (exact) mass is 395 g/mol. The van der Waals surface area contributed by atoms with E-state index in [-0.39, 0.29) is 5.91 Å². The molecule has 4 heteroatoms. The number of nitrogens with zero attached hydrogens (tertiary/aromatic N) is 1. The molecule has 3 nitrogen and oxygen atoms in total. The highest BCUT2D eigenvalue weighted by atomic mass is 35.5. The predicted octanol–water partition coefficient (Wildman–Crippen LogP) is 5.72. The zero-order chi connectivity index (χ0) is 19.3. The van der Waals surface area contributed by atoms with Crippen LogP contribution in [0.25, 0.3) is 6.08 Å². The molecule has 2 aromatic carbocycles. The summed E-state index contributed by atoms with van der Waals surface area (Å²) in [6, 6.07) is 16.1. The van der Waals surface area contributed by atoms with Crippen LogP contribution < -0.4 is 4.74 Å². The maximum absolute atomic E-state index is 12.8. The number of ether oxygens (including phenoxy) is 1. The molecule has 2 aliphatic rings. The third kappa shape index (κ3) is 4.96. The van der Waals surface area contributed by atoms with Gasteiger partial charge in [-0.3, -0.25) is 4.79 Å². The fourth-order valence-electron chi connectivity index (χ4n) is 3.40. The highest BCUT2D eigenvalue weighted by Gasteiger charge is 2.31. The number of amides is 1. The van der Waals surface area contributed by atoms with Crippen molar-refractivity contribution in [1.29, 1.82) is 0 Å². The van der Waals surface area contributed by atoms with Gasteiger partial charge in [-0.05, 0) is 67.0 Å². The predicted molar refractivity (Wildman–Crippen MR) is 113 cm³/mol. The Kier molecular flexibility index (Phi) is 6.01. The Bertz CT molecular complexity index is 838. The summed E-state index contributed by atoms with van der Waals surface area (Å²) in [5, 5.41) is 0.655. The van der Waals surface area contributed by atoms with Crippen LogP contribution in [0.5, 0.6) is 5.75 Å². The van der Waals surface area contributed by atoms with Crippen molar-refractivity contribution in [3.8, 4) is 5.75 Å². The van der Waals surface area contributed by atoms with Crippen molar-refractivity contribution >= 4 is 23.6 Å². The molecule has 2 fully saturated rings. The SMILES string of the molecule is O=C(C=Cc1ccccc1Cl)N(Cc1ccc(OCC2CCC2)cc1)C1CC1. The van der Waals surface area contributed by atoms with Crippen molar-refractivity contribution in [3.63, 3.8) is 0 Å². The van der Waals surface area contributed by atoms with Gasteiger partial charge in [-0.25, -0.2) is 0 Å². The molecule has 0 heterocycles. The first-order valence-electron chi connectivity index (χ1n) is 10.1. The number of rotatable bonds is 8. The fraction of sp³-hybridized carbons (Fsp3) is 0.375. The highest BCUT2D eigenvalue weighted by molar-refractivity contribution is 6.32. The maximum atomic E-state index is 12.8. The molecule has 0 bridgehead atoms. The molecule has 0 spiro atoms. The van der Waals surface area contributed by atoms with Crippen molar-refractivity contribution in [2.75, 3.05) is 6.61 Å². The number of hydrogen-bond acceptors (Lipinski definition) is 2. The van der Waals surface area contributed by atoms with Crippen LogP contribution in [0.15, 0.2) is 54.6 Å². The summed E-state index contributed by atoms with van der Waals surface area (Å²) < 4.78 is 5.87. The van der Waals surface area contributed by atoms with Crippen molar-refractivity contribution in [1.82, 2.24) is 4.90 Å². The van der Waals surface area contributed by atoms with Crippen LogP contribution >= 0.6 is 11.6 Å². The molecule has 0 radical (unpaired) electrons. The van der Waals surface area contributed by atoms with Crippen molar-refractivity contribution in [2.45, 2.75) is 44.7 Å². The molecule has 0 aliphatic heterocycles. The lowest BCUT2D eigenvalue weighted by Gasteiger charge is -2.25. The smallest absolute Gasteiger partial charge is 0.247 e. The average Bonchev–Trinajstić information content (AvgIpc) is 3.50. The van der Waals surface area contributed by atoms with Crippen LogP contribution in [0.3, 0.4) is 0 Å². The van der Waals surface area contributed by atoms with Gasteiger partial charge in [-0.2, -0.15) is 0 Å². The van der Waals surface area contributed by atoms with Gasteiger partial charge in [0.1, 0.15) is 5.75 Å². The van der Waals surface area contributed by atoms with E-state index < -0.39 is 0 Å². The summed E-state index contributed by atoms with van der Waals surface area (Å²) in [4.78, 5) is 14.7. The van der Waals surface area contributed by atoms with Gasteiger partial charge in [0, 0.05) is 23.7 Å². The molecule has 0 aromatic heterocycles. The molecule has 4 rings (SSSR count). The topological polar surface area (TPSA) is 29.5 Å². The van der Waals surface area contributed by atoms with E-state index >= 15 is 0 Å². The first kappa shape index (κ1) is 19.1. The fourth-order valence-corrected chi connectivity index (χ4v) is 3.60. The largest absolute Gasteiger partial charge is 0.493 e. The van der Waals surface area contributed by atoms with Crippen molar-refractivity contribution in [3.05, 3.63) is 70.8 Å². The molecule has 2 saturated carbocycles. The van der Waals surface area contributed by atoms with E-state index in [1.54, 1.807) is 12.2 Å². The Balaban J connectivity index is 1.36. The molecule has 0 atom stereocenters. The number of carbonyl (C=O) groups excluding carboxylic acids is 1. The Morgan fingerprint density at radius 3 is 2.46 bits per heavy atom. The summed E-state index contributed by atoms with van der Waals surface area (Å²) in [5.74, 6) is 1.68. The van der Waals surface area contributed by atoms with Gasteiger partial charge < -0.3 is 9.64 Å². The van der Waals surface area contributed by atoms with Gasteiger partial charge in [0.2, 0.25) is 5.91 Å². The molecular weight excluding hydrogens is 370 g/mol. The molecular formula is C24H26ClNO2. The minimum Gasteiger partial charge on any atom is -0.493 e. The van der Waals surface area contributed by atoms with Crippen LogP contribution in [0.4, 0.5) is 0 Å². The Morgan fingerprint density at radius 1 is 1.07 bits per heavy atom. The van der Waals surface area contributed by atoms with Crippen LogP contribution in [0.1, 0.15) is 43.2 Å². The molecule has 2 aliphatic carbocycles. The van der Waals surface area contributed by atoms with E-state index in [2.05, 4.69) is 12.1 Å². The minimum atomic E-state index is 0.0349. The van der Waals surface area contributed by atoms with Crippen LogP contribution in [0, 0.1) is 5.92 Å². The van der Waals surface area contributed by atoms with Crippen molar-refractivity contribution in [2.24, 2.45) is 5.92 Å². The Morgan fingerprint density at radius 2 is 1.82 bits per heavy atom. The van der Waals surface area contributed by atoms with Crippen LogP contribution in [0.2, 0.25) is 5.02 Å². The average molecular weight is 396 g/mol. The maximum Gasteiger partial charge on any atom is 0.247 e. The lowest BCUT2D eigenvalue weighted by atomic mass is 9.86. The second-order valence-electron chi connectivity index (χ2n) is 7.80. The first-order chi connectivity index (χ1) is 13.7. The highest BCUT2D eigenvalue weighted by Crippen LogP contribution is 2.30. The number of hydrogen-bond donors (Lipinski definition) is 0. The molecule has 0 saturated heterocycles. The zero-order valence-electron chi connectivity index (χ0n) is 16.0. The Hall–Kier alpha value is -2.26. The molecule has 1 amide bonds. The summed E-state index contributed by atoms with van der Waals surface area (Å²) in [7, 11) is 0. The van der Waals surface area contributed by atoms with E-state index in [0.717, 1.165) is 42.2 Å². The van der Waals surface area contributed by atoms with E-state index in [9.17, 15) is 4.79 Å². The molecule has 0 unspecified atom stereocenters. The summed E-state index contributed by atoms with van der Waals surface area (Å²) in [6.07, 6.45) is 9.51. The van der Waals surface area contributed by atoms with E-state index in [0.29, 0.717) is 17.6 Å². The number of halogens is 1. The third-order valence-electron chi connectivity index (χ3n) is 5.57. The van der Waals surface area contributed by atoms with E-state index in [1.165, 1.54) is 19.3 Å². The van der Waals surface area contributed by atoms with Gasteiger partial charge in [0.15, 0.2) is 0 Å². The van der Waals surface area contributed by atoms with Gasteiger partial charge in [0.25, 0.3) is 0 Å². The number of carbonyl (C=O) groups is 1. The molecule has 0 N–H and O–H groups in total. The number of benzene rings is 2. The standard InChI is InChI=1S/C24H26ClNO2/c25-23-7-2-1-6-20(23)10-15-24(27)26(21-11-12-21)16-18-8-13-22(14-9-18)28-17-19-4-3-5-19/h1-2,6-10,13-15,19,21H,3-5,11-12,16-17H2. The lowest BCUT2D eigenvalue weighted by molar-refractivity contribution is -0.127. The van der Waals surface area contributed by atoms with Gasteiger partial charge in [0.05, 0.1) is 6.61 Å². The summed E-state index contributed by atoms with van der Waals surface area (Å²) >= 11 is 6.18. The third-order valence-corrected chi connectivity index (χ3v) is 5.91. The second kappa shape index (κ2) is 8.83. The quantitative estimate of drug-likeness (QED) is 0.534. The normalized spacial score (nSPS) is 16.8. The van der Waals surface area contributed by atoms with Gasteiger partial charge in [-0.15, -0.1) is 0 Å². The summed E-state index contributed by atoms with van der Waals surface area (Å²) in [5.41, 5.74) is 1.99. The summed E-state index contributed by atoms with van der Waals surface area (Å²) in [6.45, 7) is 1.44. The van der Waals surface area contributed by atoms with Gasteiger partial charge in [-0.1, -0.05) is 48.4 Å². The Labute approximate surface area is 172 Å².